The Morgan fingerprint density at radius 2 is 2.00 bits per heavy atom. The first-order valence-electron chi connectivity index (χ1n) is 8.01. The van der Waals surface area contributed by atoms with Gasteiger partial charge >= 0.3 is 5.97 Å². The van der Waals surface area contributed by atoms with E-state index in [1.165, 1.54) is 0 Å². The van der Waals surface area contributed by atoms with Gasteiger partial charge in [0.1, 0.15) is 18.2 Å². The van der Waals surface area contributed by atoms with Gasteiger partial charge in [0.05, 0.1) is 16.6 Å². The summed E-state index contributed by atoms with van der Waals surface area (Å²) in [4.78, 5) is 19.4. The van der Waals surface area contributed by atoms with E-state index in [0.717, 1.165) is 16.6 Å². The number of aliphatic hydroxyl groups excluding tert-OH is 1. The quantitative estimate of drug-likeness (QED) is 0.424. The van der Waals surface area contributed by atoms with Crippen molar-refractivity contribution in [1.29, 1.82) is 5.26 Å². The van der Waals surface area contributed by atoms with Crippen molar-refractivity contribution < 1.29 is 14.6 Å². The average molecular weight is 347 g/mol. The lowest BCUT2D eigenvalue weighted by molar-refractivity contribution is 0.0502. The van der Waals surface area contributed by atoms with Crippen molar-refractivity contribution in [3.05, 3.63) is 70.7 Å². The highest BCUT2D eigenvalue weighted by atomic mass is 16.5. The highest BCUT2D eigenvalue weighted by Gasteiger charge is 2.15. The first kappa shape index (κ1) is 17.2. The Kier molecular flexibility index (Phi) is 4.72. The van der Waals surface area contributed by atoms with Gasteiger partial charge in [-0.2, -0.15) is 5.26 Å². The fraction of sp³-hybridized carbons (Fsp3) is 0.150. The molecule has 6 heteroatoms. The number of benzene rings is 2. The number of carbonyl (C=O) groups is 1. The molecule has 3 rings (SSSR count). The minimum Gasteiger partial charge on any atom is -0.507 e. The molecule has 0 radical (unpaired) electrons. The van der Waals surface area contributed by atoms with E-state index < -0.39 is 12.6 Å². The molecule has 6 nitrogen and oxygen atoms in total. The maximum atomic E-state index is 12.1. The number of hydrogen-bond donors (Lipinski definition) is 2. The molecule has 0 fully saturated rings. The smallest absolute Gasteiger partial charge is 0.338 e. The Morgan fingerprint density at radius 1 is 1.23 bits per heavy atom. The summed E-state index contributed by atoms with van der Waals surface area (Å²) in [6.45, 7) is 3.44. The number of carbonyl (C=O) groups excluding carboxylic acids is 1. The molecule has 2 aromatic carbocycles. The normalized spacial score (nSPS) is 11.7. The number of hydrogen-bond acceptors (Lipinski definition) is 5. The van der Waals surface area contributed by atoms with Crippen molar-refractivity contribution in [1.82, 2.24) is 9.97 Å². The molecule has 1 heterocycles. The molecule has 0 spiro atoms. The topological polar surface area (TPSA) is 99.0 Å². The lowest BCUT2D eigenvalue weighted by atomic mass is 10.1. The van der Waals surface area contributed by atoms with Gasteiger partial charge in [-0.3, -0.25) is 0 Å². The van der Waals surface area contributed by atoms with Crippen LogP contribution in [0, 0.1) is 25.2 Å². The summed E-state index contributed by atoms with van der Waals surface area (Å²) in [6, 6.07) is 14.4. The second-order valence-electron chi connectivity index (χ2n) is 5.91. The molecule has 1 aromatic heterocycles. The zero-order chi connectivity index (χ0) is 18.7. The minimum atomic E-state index is -0.568. The van der Waals surface area contributed by atoms with Gasteiger partial charge < -0.3 is 14.8 Å². The molecule has 130 valence electrons. The van der Waals surface area contributed by atoms with Crippen LogP contribution >= 0.6 is 0 Å². The molecule has 0 atom stereocenters. The van der Waals surface area contributed by atoms with E-state index in [2.05, 4.69) is 9.97 Å². The molecule has 0 aliphatic carbocycles. The lowest BCUT2D eigenvalue weighted by Crippen LogP contribution is -2.09. The monoisotopic (exact) mass is 347 g/mol. The first-order chi connectivity index (χ1) is 12.5. The molecule has 26 heavy (non-hydrogen) atoms. The standard InChI is InChI=1S/C20H17N3O3/c1-12-7-8-14(9-13(12)2)20(25)26-11-18(24)15(10-21)19-22-16-5-3-4-6-17(16)23-19/h3-9,24H,11H2,1-2H3,(H,22,23)/b18-15-. The summed E-state index contributed by atoms with van der Waals surface area (Å²) in [5, 5.41) is 19.6. The van der Waals surface area contributed by atoms with Crippen LogP contribution < -0.4 is 0 Å². The molecule has 0 saturated heterocycles. The number of aliphatic hydroxyl groups is 1. The van der Waals surface area contributed by atoms with Crippen LogP contribution in [0.4, 0.5) is 0 Å². The first-order valence-corrected chi connectivity index (χ1v) is 8.01. The molecule has 0 bridgehead atoms. The van der Waals surface area contributed by atoms with E-state index in [0.29, 0.717) is 11.1 Å². The van der Waals surface area contributed by atoms with E-state index in [-0.39, 0.29) is 17.2 Å². The van der Waals surface area contributed by atoms with Crippen LogP contribution in [0.25, 0.3) is 16.6 Å². The summed E-state index contributed by atoms with van der Waals surface area (Å²) < 4.78 is 5.12. The summed E-state index contributed by atoms with van der Waals surface area (Å²) >= 11 is 0. The van der Waals surface area contributed by atoms with Crippen LogP contribution in [0.1, 0.15) is 27.3 Å². The molecule has 0 aliphatic heterocycles. The third-order valence-corrected chi connectivity index (χ3v) is 4.11. The Balaban J connectivity index is 1.79. The highest BCUT2D eigenvalue weighted by Crippen LogP contribution is 2.19. The maximum Gasteiger partial charge on any atom is 0.338 e. The molecule has 3 aromatic rings. The van der Waals surface area contributed by atoms with Gasteiger partial charge in [-0.25, -0.2) is 9.78 Å². The molecule has 0 aliphatic rings. The average Bonchev–Trinajstić information content (AvgIpc) is 3.06. The van der Waals surface area contributed by atoms with Gasteiger partial charge in [0, 0.05) is 0 Å². The number of para-hydroxylation sites is 2. The summed E-state index contributed by atoms with van der Waals surface area (Å²) in [7, 11) is 0. The molecule has 0 amide bonds. The summed E-state index contributed by atoms with van der Waals surface area (Å²) in [5.41, 5.74) is 3.79. The Labute approximate surface area is 150 Å². The fourth-order valence-electron chi connectivity index (χ4n) is 2.48. The number of aromatic nitrogens is 2. The number of ether oxygens (including phenoxy) is 1. The van der Waals surface area contributed by atoms with Crippen molar-refractivity contribution in [2.24, 2.45) is 0 Å². The van der Waals surface area contributed by atoms with Gasteiger partial charge in [-0.15, -0.1) is 0 Å². The second-order valence-corrected chi connectivity index (χ2v) is 5.91. The number of aromatic amines is 1. The van der Waals surface area contributed by atoms with E-state index in [1.807, 2.05) is 44.2 Å². The van der Waals surface area contributed by atoms with Crippen molar-refractivity contribution in [3.8, 4) is 6.07 Å². The van der Waals surface area contributed by atoms with Gasteiger partial charge in [-0.05, 0) is 49.2 Å². The summed E-state index contributed by atoms with van der Waals surface area (Å²) in [5.74, 6) is -0.696. The van der Waals surface area contributed by atoms with E-state index in [9.17, 15) is 15.2 Å². The number of imidazole rings is 1. The number of nitriles is 1. The second kappa shape index (κ2) is 7.11. The van der Waals surface area contributed by atoms with Crippen molar-refractivity contribution in [3.63, 3.8) is 0 Å². The predicted octanol–water partition coefficient (Wildman–Crippen LogP) is 3.83. The fourth-order valence-corrected chi connectivity index (χ4v) is 2.48. The molecular weight excluding hydrogens is 330 g/mol. The third kappa shape index (κ3) is 3.42. The van der Waals surface area contributed by atoms with Crippen LogP contribution in [0.5, 0.6) is 0 Å². The third-order valence-electron chi connectivity index (χ3n) is 4.11. The van der Waals surface area contributed by atoms with Crippen molar-refractivity contribution in [2.45, 2.75) is 13.8 Å². The Hall–Kier alpha value is -3.59. The van der Waals surface area contributed by atoms with E-state index in [1.54, 1.807) is 18.2 Å². The predicted molar refractivity (Wildman–Crippen MR) is 97.5 cm³/mol. The van der Waals surface area contributed by atoms with Crippen LogP contribution in [0.2, 0.25) is 0 Å². The van der Waals surface area contributed by atoms with Gasteiger partial charge in [0.15, 0.2) is 11.6 Å². The number of aryl methyl sites for hydroxylation is 2. The highest BCUT2D eigenvalue weighted by molar-refractivity contribution is 5.90. The summed E-state index contributed by atoms with van der Waals surface area (Å²) in [6.07, 6.45) is 0. The van der Waals surface area contributed by atoms with Crippen molar-refractivity contribution >= 4 is 22.6 Å². The Bertz CT molecular complexity index is 1020. The molecular formula is C20H17N3O3. The Morgan fingerprint density at radius 3 is 2.69 bits per heavy atom. The zero-order valence-corrected chi connectivity index (χ0v) is 14.4. The van der Waals surface area contributed by atoms with Crippen LogP contribution in [-0.4, -0.2) is 27.7 Å². The molecule has 0 unspecified atom stereocenters. The number of allylic oxidation sites excluding steroid dienone is 1. The number of nitrogens with one attached hydrogen (secondary N) is 1. The van der Waals surface area contributed by atoms with Gasteiger partial charge in [0.2, 0.25) is 0 Å². The van der Waals surface area contributed by atoms with E-state index >= 15 is 0 Å². The number of esters is 1. The lowest BCUT2D eigenvalue weighted by Gasteiger charge is -2.07. The van der Waals surface area contributed by atoms with Crippen LogP contribution in [0.15, 0.2) is 48.2 Å². The largest absolute Gasteiger partial charge is 0.507 e. The van der Waals surface area contributed by atoms with E-state index in [4.69, 9.17) is 4.74 Å². The van der Waals surface area contributed by atoms with Gasteiger partial charge in [-0.1, -0.05) is 18.2 Å². The number of nitrogens with zero attached hydrogens (tertiary/aromatic N) is 2. The zero-order valence-electron chi connectivity index (χ0n) is 14.4. The van der Waals surface area contributed by atoms with Gasteiger partial charge in [0.25, 0.3) is 0 Å². The number of rotatable bonds is 4. The van der Waals surface area contributed by atoms with Crippen molar-refractivity contribution in [2.75, 3.05) is 6.61 Å². The number of fused-ring (bicyclic) bond motifs is 1. The SMILES string of the molecule is Cc1ccc(C(=O)OC/C(O)=C(\C#N)c2nc3ccccc3[nH]2)cc1C. The molecule has 0 saturated carbocycles. The maximum absolute atomic E-state index is 12.1. The van der Waals surface area contributed by atoms with Crippen LogP contribution in [-0.2, 0) is 4.74 Å². The number of H-pyrrole nitrogens is 1. The minimum absolute atomic E-state index is 0.0610. The molecule has 2 N–H and O–H groups in total. The van der Waals surface area contributed by atoms with Crippen LogP contribution in [0.3, 0.4) is 0 Å².